The summed E-state index contributed by atoms with van der Waals surface area (Å²) in [5.41, 5.74) is 13.7. The van der Waals surface area contributed by atoms with E-state index in [1.165, 1.54) is 12.1 Å². The first-order valence-electron chi connectivity index (χ1n) is 10.8. The largest absolute Gasteiger partial charge is 0.462 e. The van der Waals surface area contributed by atoms with E-state index in [9.17, 15) is 27.2 Å². The van der Waals surface area contributed by atoms with Gasteiger partial charge in [-0.25, -0.2) is 9.59 Å². The monoisotopic (exact) mass is 518 g/mol. The Bertz CT molecular complexity index is 1270. The lowest BCUT2D eigenvalue weighted by molar-refractivity contribution is -0.253. The van der Waals surface area contributed by atoms with Gasteiger partial charge in [0.2, 0.25) is 0 Å². The number of hydrogen-bond acceptors (Lipinski definition) is 7. The summed E-state index contributed by atoms with van der Waals surface area (Å²) >= 11 is 0. The number of anilines is 2. The Morgan fingerprint density at radius 1 is 0.892 bits per heavy atom. The summed E-state index contributed by atoms with van der Waals surface area (Å²) in [5, 5.41) is 0. The molecule has 0 aliphatic carbocycles. The Balaban J connectivity index is 1.75. The van der Waals surface area contributed by atoms with Crippen molar-refractivity contribution in [2.75, 3.05) is 18.1 Å². The van der Waals surface area contributed by atoms with Crippen LogP contribution in [0.5, 0.6) is 11.5 Å². The van der Waals surface area contributed by atoms with Gasteiger partial charge in [-0.1, -0.05) is 12.1 Å². The van der Waals surface area contributed by atoms with E-state index in [2.05, 4.69) is 4.74 Å². The smallest absolute Gasteiger partial charge is 0.461 e. The zero-order chi connectivity index (χ0) is 27.2. The molecule has 0 aliphatic heterocycles. The molecule has 0 fully saturated rings. The SMILES string of the molecule is CCOC(=O)C(=Cc1ccc(OC(=O)c2ccc(OC(F)(F)C(F)F)cc2)cc1)c1cc(N)cc(N)c1. The lowest BCUT2D eigenvalue weighted by Crippen LogP contribution is -2.33. The van der Waals surface area contributed by atoms with Gasteiger partial charge in [0.1, 0.15) is 11.5 Å². The molecule has 0 spiro atoms. The maximum Gasteiger partial charge on any atom is 0.461 e. The van der Waals surface area contributed by atoms with Crippen LogP contribution in [0.25, 0.3) is 11.6 Å². The second-order valence-corrected chi connectivity index (χ2v) is 7.61. The standard InChI is InChI=1S/C26H22F4N2O5/c1-2-35-24(34)22(17-12-18(31)14-19(32)13-17)11-15-3-7-20(8-4-15)36-23(33)16-5-9-21(10-6-16)37-26(29,30)25(27)28/h3-14,25H,2,31-32H2,1H3. The van der Waals surface area contributed by atoms with Crippen molar-refractivity contribution in [2.24, 2.45) is 0 Å². The average Bonchev–Trinajstić information content (AvgIpc) is 2.83. The first kappa shape index (κ1) is 27.1. The number of nitrogen functional groups attached to an aromatic ring is 2. The van der Waals surface area contributed by atoms with Gasteiger partial charge in [0, 0.05) is 11.4 Å². The number of carbonyl (C=O) groups excluding carboxylic acids is 2. The van der Waals surface area contributed by atoms with E-state index in [0.717, 1.165) is 24.3 Å². The molecule has 194 valence electrons. The van der Waals surface area contributed by atoms with E-state index in [4.69, 9.17) is 20.9 Å². The molecule has 0 amide bonds. The van der Waals surface area contributed by atoms with Gasteiger partial charge in [-0.05, 0) is 78.7 Å². The van der Waals surface area contributed by atoms with Gasteiger partial charge in [0.15, 0.2) is 0 Å². The van der Waals surface area contributed by atoms with Gasteiger partial charge in [0.25, 0.3) is 0 Å². The maximum atomic E-state index is 13.0. The summed E-state index contributed by atoms with van der Waals surface area (Å²) in [6.07, 6.45) is -7.11. The molecule has 0 radical (unpaired) electrons. The molecule has 4 N–H and O–H groups in total. The van der Waals surface area contributed by atoms with E-state index in [-0.39, 0.29) is 23.5 Å². The molecule has 0 aliphatic rings. The number of hydrogen-bond donors (Lipinski definition) is 2. The first-order valence-corrected chi connectivity index (χ1v) is 10.8. The molecular formula is C26H22F4N2O5. The lowest BCUT2D eigenvalue weighted by atomic mass is 10.0. The third-order valence-electron chi connectivity index (χ3n) is 4.78. The first-order chi connectivity index (χ1) is 17.5. The average molecular weight is 518 g/mol. The minimum Gasteiger partial charge on any atom is -0.462 e. The summed E-state index contributed by atoms with van der Waals surface area (Å²) in [6, 6.07) is 14.9. The molecule has 0 saturated heterocycles. The highest BCUT2D eigenvalue weighted by atomic mass is 19.3. The van der Waals surface area contributed by atoms with Crippen LogP contribution in [0.1, 0.15) is 28.4 Å². The van der Waals surface area contributed by atoms with Crippen LogP contribution in [0, 0.1) is 0 Å². The fraction of sp³-hybridized carbons (Fsp3) is 0.154. The van der Waals surface area contributed by atoms with Crippen molar-refractivity contribution in [3.05, 3.63) is 83.4 Å². The number of carbonyl (C=O) groups is 2. The van der Waals surface area contributed by atoms with Crippen LogP contribution >= 0.6 is 0 Å². The predicted molar refractivity (Wildman–Crippen MR) is 129 cm³/mol. The molecule has 0 aromatic heterocycles. The third kappa shape index (κ3) is 7.23. The minimum atomic E-state index is -4.66. The molecule has 0 bridgehead atoms. The fourth-order valence-electron chi connectivity index (χ4n) is 3.13. The van der Waals surface area contributed by atoms with Crippen molar-refractivity contribution in [1.82, 2.24) is 0 Å². The normalized spacial score (nSPS) is 11.8. The van der Waals surface area contributed by atoms with Gasteiger partial charge in [-0.15, -0.1) is 0 Å². The van der Waals surface area contributed by atoms with Crippen molar-refractivity contribution in [2.45, 2.75) is 19.5 Å². The van der Waals surface area contributed by atoms with E-state index < -0.39 is 30.2 Å². The molecule has 3 aromatic rings. The molecule has 11 heteroatoms. The van der Waals surface area contributed by atoms with Crippen molar-refractivity contribution >= 4 is 35.0 Å². The molecular weight excluding hydrogens is 496 g/mol. The Morgan fingerprint density at radius 3 is 2.00 bits per heavy atom. The zero-order valence-corrected chi connectivity index (χ0v) is 19.4. The summed E-state index contributed by atoms with van der Waals surface area (Å²) in [5.74, 6) is -1.80. The van der Waals surface area contributed by atoms with E-state index >= 15 is 0 Å². The van der Waals surface area contributed by atoms with Crippen molar-refractivity contribution in [3.63, 3.8) is 0 Å². The van der Waals surface area contributed by atoms with Gasteiger partial charge in [-0.2, -0.15) is 17.6 Å². The van der Waals surface area contributed by atoms with Crippen LogP contribution in [-0.2, 0) is 9.53 Å². The van der Waals surface area contributed by atoms with Gasteiger partial charge in [-0.3, -0.25) is 0 Å². The number of ether oxygens (including phenoxy) is 3. The van der Waals surface area contributed by atoms with Crippen LogP contribution in [-0.4, -0.2) is 31.1 Å². The third-order valence-corrected chi connectivity index (χ3v) is 4.78. The highest BCUT2D eigenvalue weighted by Crippen LogP contribution is 2.28. The maximum absolute atomic E-state index is 13.0. The van der Waals surface area contributed by atoms with Crippen molar-refractivity contribution < 1.29 is 41.4 Å². The quantitative estimate of drug-likeness (QED) is 0.0972. The Labute approximate surface area is 209 Å². The Morgan fingerprint density at radius 2 is 1.46 bits per heavy atom. The van der Waals surface area contributed by atoms with Crippen LogP contribution in [0.4, 0.5) is 28.9 Å². The van der Waals surface area contributed by atoms with Crippen molar-refractivity contribution in [1.29, 1.82) is 0 Å². The van der Waals surface area contributed by atoms with Crippen molar-refractivity contribution in [3.8, 4) is 11.5 Å². The van der Waals surface area contributed by atoms with E-state index in [0.29, 0.717) is 22.5 Å². The minimum absolute atomic E-state index is 0.0273. The Kier molecular flexibility index (Phi) is 8.38. The summed E-state index contributed by atoms with van der Waals surface area (Å²) in [4.78, 5) is 24.9. The van der Waals surface area contributed by atoms with Crippen LogP contribution in [0.15, 0.2) is 66.7 Å². The van der Waals surface area contributed by atoms with Gasteiger partial charge in [0.05, 0.1) is 17.7 Å². The number of rotatable bonds is 9. The van der Waals surface area contributed by atoms with Gasteiger partial charge >= 0.3 is 24.5 Å². The molecule has 37 heavy (non-hydrogen) atoms. The van der Waals surface area contributed by atoms with E-state index in [1.807, 2.05) is 0 Å². The zero-order valence-electron chi connectivity index (χ0n) is 19.4. The molecule has 7 nitrogen and oxygen atoms in total. The number of alkyl halides is 4. The highest BCUT2D eigenvalue weighted by molar-refractivity contribution is 6.22. The lowest BCUT2D eigenvalue weighted by Gasteiger charge is -2.16. The second kappa shape index (κ2) is 11.5. The van der Waals surface area contributed by atoms with E-state index in [1.54, 1.807) is 43.3 Å². The summed E-state index contributed by atoms with van der Waals surface area (Å²) in [6.45, 7) is 1.83. The highest BCUT2D eigenvalue weighted by Gasteiger charge is 2.43. The van der Waals surface area contributed by atoms with Crippen LogP contribution in [0.3, 0.4) is 0 Å². The molecule has 3 rings (SSSR count). The topological polar surface area (TPSA) is 114 Å². The summed E-state index contributed by atoms with van der Waals surface area (Å²) in [7, 11) is 0. The second-order valence-electron chi connectivity index (χ2n) is 7.61. The molecule has 0 unspecified atom stereocenters. The number of esters is 2. The number of halogens is 4. The number of benzene rings is 3. The number of nitrogens with two attached hydrogens (primary N) is 2. The van der Waals surface area contributed by atoms with Gasteiger partial charge < -0.3 is 25.7 Å². The molecule has 3 aromatic carbocycles. The fourth-order valence-corrected chi connectivity index (χ4v) is 3.13. The molecule has 0 atom stereocenters. The van der Waals surface area contributed by atoms with Crippen LogP contribution < -0.4 is 20.9 Å². The van der Waals surface area contributed by atoms with Crippen LogP contribution in [0.2, 0.25) is 0 Å². The Hall–Kier alpha value is -4.54. The molecule has 0 saturated carbocycles. The summed E-state index contributed by atoms with van der Waals surface area (Å²) < 4.78 is 64.8. The molecule has 0 heterocycles. The predicted octanol–water partition coefficient (Wildman–Crippen LogP) is 5.41.